The van der Waals surface area contributed by atoms with Gasteiger partial charge in [-0.25, -0.2) is 9.69 Å². The van der Waals surface area contributed by atoms with E-state index in [1.54, 1.807) is 50.8 Å². The van der Waals surface area contributed by atoms with Crippen molar-refractivity contribution < 1.29 is 34.3 Å². The lowest BCUT2D eigenvalue weighted by Gasteiger charge is -2.29. The molecule has 0 unspecified atom stereocenters. The summed E-state index contributed by atoms with van der Waals surface area (Å²) in [6, 6.07) is 16.5. The van der Waals surface area contributed by atoms with Gasteiger partial charge in [-0.15, -0.1) is 0 Å². The van der Waals surface area contributed by atoms with Crippen LogP contribution in [-0.2, 0) is 9.59 Å². The van der Waals surface area contributed by atoms with Crippen molar-refractivity contribution in [3.63, 3.8) is 0 Å². The van der Waals surface area contributed by atoms with Gasteiger partial charge in [0.2, 0.25) is 0 Å². The summed E-state index contributed by atoms with van der Waals surface area (Å²) in [7, 11) is 1.37. The fraction of sp³-hybridized carbons (Fsp3) is 0.238. The third-order valence-corrected chi connectivity index (χ3v) is 9.69. The van der Waals surface area contributed by atoms with Crippen LogP contribution in [0.1, 0.15) is 74.5 Å². The minimum absolute atomic E-state index is 0.0386. The van der Waals surface area contributed by atoms with Gasteiger partial charge in [0.05, 0.1) is 15.9 Å². The van der Waals surface area contributed by atoms with E-state index in [-0.39, 0.29) is 45.6 Å². The van der Waals surface area contributed by atoms with Crippen LogP contribution in [0.4, 0.5) is 34.1 Å². The molecule has 0 radical (unpaired) electrons. The second kappa shape index (κ2) is 15.7. The van der Waals surface area contributed by atoms with Gasteiger partial charge in [0, 0.05) is 60.2 Å². The lowest BCUT2D eigenvalue weighted by atomic mass is 10.0. The molecule has 2 aliphatic rings. The Kier molecular flexibility index (Phi) is 7.85. The zero-order valence-electron chi connectivity index (χ0n) is 41.6. The molecule has 2 heterocycles. The number of anilines is 4. The highest BCUT2D eigenvalue weighted by atomic mass is 32.1. The molecule has 14 heteroatoms. The normalized spacial score (nSPS) is 19.1. The zero-order valence-corrected chi connectivity index (χ0v) is 32.2. The summed E-state index contributed by atoms with van der Waals surface area (Å²) >= 11 is 11.1. The second-order valence-corrected chi connectivity index (χ2v) is 13.6. The van der Waals surface area contributed by atoms with Crippen molar-refractivity contribution in [2.75, 3.05) is 33.6 Å². The number of thiocarbonyl (C=S) groups is 2. The Morgan fingerprint density at radius 2 is 1.09 bits per heavy atom. The molecule has 0 atom stereocenters. The smallest absolute Gasteiger partial charge is 0.259 e. The Morgan fingerprint density at radius 1 is 0.679 bits per heavy atom. The fourth-order valence-electron chi connectivity index (χ4n) is 5.98. The van der Waals surface area contributed by atoms with E-state index < -0.39 is 54.6 Å². The van der Waals surface area contributed by atoms with Crippen molar-refractivity contribution in [1.82, 2.24) is 10.6 Å². The Hall–Kier alpha value is -6.48. The first kappa shape index (κ1) is 28.0. The molecule has 6 rings (SSSR count). The Morgan fingerprint density at radius 3 is 1.46 bits per heavy atom. The highest BCUT2D eigenvalue weighted by Crippen LogP contribution is 2.39. The summed E-state index contributed by atoms with van der Waals surface area (Å²) in [4.78, 5) is 62.6. The summed E-state index contributed by atoms with van der Waals surface area (Å²) in [6.45, 7) is 11.7. The predicted molar refractivity (Wildman–Crippen MR) is 228 cm³/mol. The molecule has 56 heavy (non-hydrogen) atoms. The molecule has 4 amide bonds. The van der Waals surface area contributed by atoms with Gasteiger partial charge < -0.3 is 20.4 Å². The van der Waals surface area contributed by atoms with Crippen molar-refractivity contribution in [2.24, 2.45) is 0 Å². The molecule has 12 nitrogen and oxygen atoms in total. The van der Waals surface area contributed by atoms with Crippen LogP contribution in [0.15, 0.2) is 84.9 Å². The lowest BCUT2D eigenvalue weighted by Crippen LogP contribution is -2.44. The number of nitrogens with one attached hydrogen (secondary N) is 2. The third kappa shape index (κ3) is 7.20. The molecule has 0 spiro atoms. The lowest BCUT2D eigenvalue weighted by molar-refractivity contribution is -0.121. The first-order valence-corrected chi connectivity index (χ1v) is 17.3. The zero-order chi connectivity index (χ0) is 50.5. The molecule has 2 aliphatic heterocycles. The molecule has 284 valence electrons. The first-order chi connectivity index (χ1) is 30.9. The third-order valence-electron chi connectivity index (χ3n) is 8.96. The molecule has 0 aliphatic carbocycles. The van der Waals surface area contributed by atoms with Crippen molar-refractivity contribution >= 4 is 92.4 Å². The average Bonchev–Trinajstić information content (AvgIpc) is 3.57. The average molecular weight is 796 g/mol. The number of hydrogen-bond acceptors (Lipinski definition) is 6. The van der Waals surface area contributed by atoms with Gasteiger partial charge in [-0.1, -0.05) is 12.1 Å². The van der Waals surface area contributed by atoms with Gasteiger partial charge in [-0.05, 0) is 150 Å². The summed E-state index contributed by atoms with van der Waals surface area (Å²) in [6.07, 6.45) is 0. The van der Waals surface area contributed by atoms with Gasteiger partial charge in [0.15, 0.2) is 21.6 Å². The van der Waals surface area contributed by atoms with Gasteiger partial charge in [-0.3, -0.25) is 29.0 Å². The highest BCUT2D eigenvalue weighted by molar-refractivity contribution is 7.81. The van der Waals surface area contributed by atoms with Crippen LogP contribution in [0.2, 0.25) is 0 Å². The second-order valence-electron chi connectivity index (χ2n) is 12.9. The van der Waals surface area contributed by atoms with Crippen molar-refractivity contribution in [3.8, 4) is 0 Å². The van der Waals surface area contributed by atoms with E-state index in [1.165, 1.54) is 60.5 Å². The van der Waals surface area contributed by atoms with Gasteiger partial charge in [-0.2, -0.15) is 0 Å². The maximum absolute atomic E-state index is 13.8. The number of rotatable bonds is 6. The van der Waals surface area contributed by atoms with Gasteiger partial charge >= 0.3 is 0 Å². The molecule has 2 N–H and O–H groups in total. The van der Waals surface area contributed by atoms with E-state index in [2.05, 4.69) is 15.0 Å². The topological polar surface area (TPSA) is 114 Å². The number of amides is 4. The molecule has 0 bridgehead atoms. The van der Waals surface area contributed by atoms with Crippen molar-refractivity contribution in [2.45, 2.75) is 52.5 Å². The highest BCUT2D eigenvalue weighted by Gasteiger charge is 2.51. The van der Waals surface area contributed by atoms with Crippen molar-refractivity contribution in [3.05, 3.63) is 130 Å². The number of aryl methyl sites for hydroxylation is 2. The summed E-state index contributed by atoms with van der Waals surface area (Å²) in [5.41, 5.74) is -1.49. The number of hydrogen-bond donors (Lipinski definition) is 2. The predicted octanol–water partition coefficient (Wildman–Crippen LogP) is 7.64. The monoisotopic (exact) mass is 795 g/mol. The molecule has 2 fully saturated rings. The van der Waals surface area contributed by atoms with Crippen LogP contribution in [0, 0.1) is 27.0 Å². The summed E-state index contributed by atoms with van der Waals surface area (Å²) < 4.78 is 86.9. The SMILES string of the molecule is [2H]c1cc(N2C(=S)N(c3ccc([N+]#[C-])c(C)c3)C(=O)C2(C([2H])([2H])[2H])C([2H])([2H])[2H])ccc1C(=O)NC.[2H]c1cc(N2C(=S)N(c3ccc([N+]#[C-])c(C)c3)C(=O)C2(C)C)ccc1C(=O)NC([2H])([2H])[2H]. The Labute approximate surface area is 352 Å². The van der Waals surface area contributed by atoms with E-state index in [4.69, 9.17) is 52.7 Å². The van der Waals surface area contributed by atoms with E-state index in [0.717, 1.165) is 15.9 Å². The van der Waals surface area contributed by atoms with Crippen LogP contribution in [0.3, 0.4) is 0 Å². The minimum Gasteiger partial charge on any atom is -0.355 e. The van der Waals surface area contributed by atoms with Crippen LogP contribution >= 0.6 is 24.4 Å². The van der Waals surface area contributed by atoms with Crippen molar-refractivity contribution in [1.29, 1.82) is 0 Å². The van der Waals surface area contributed by atoms with E-state index in [0.29, 0.717) is 33.9 Å². The van der Waals surface area contributed by atoms with Gasteiger partial charge in [0.1, 0.15) is 11.1 Å². The standard InChI is InChI=1S/2C21H20N4O2S/c2*1-13-12-16(10-11-17(13)22-4)24-19(27)21(2,3)25(20(24)28)15-8-6-14(7-9-15)18(26)23-5/h2*6-12H,1-3,5H3,(H,23,26)/i2D3,3D3,6D;5D3,6D. The maximum atomic E-state index is 13.8. The summed E-state index contributed by atoms with van der Waals surface area (Å²) in [5, 5.41) is 3.99. The molecule has 4 aromatic carbocycles. The van der Waals surface area contributed by atoms with E-state index >= 15 is 0 Å². The number of carbonyl (C=O) groups is 4. The molecule has 2 saturated heterocycles. The maximum Gasteiger partial charge on any atom is 0.259 e. The fourth-order valence-corrected chi connectivity index (χ4v) is 6.93. The molecule has 0 saturated carbocycles. The first-order valence-electron chi connectivity index (χ1n) is 22.0. The Bertz CT molecular complexity index is 2840. The number of benzene rings is 4. The quantitative estimate of drug-likeness (QED) is 0.151. The minimum atomic E-state index is -3.39. The largest absolute Gasteiger partial charge is 0.355 e. The molecule has 0 aromatic heterocycles. The molecular formula is C42H40N8O4S2. The van der Waals surface area contributed by atoms with Crippen LogP contribution in [-0.4, -0.2) is 59.0 Å². The van der Waals surface area contributed by atoms with Crippen LogP contribution in [0.25, 0.3) is 9.69 Å². The van der Waals surface area contributed by atoms with Crippen LogP contribution < -0.4 is 30.2 Å². The van der Waals surface area contributed by atoms with Gasteiger partial charge in [0.25, 0.3) is 23.6 Å². The number of nitrogens with zero attached hydrogens (tertiary/aromatic N) is 6. The molecule has 4 aromatic rings. The van der Waals surface area contributed by atoms with Crippen LogP contribution in [0.5, 0.6) is 0 Å². The van der Waals surface area contributed by atoms with E-state index in [1.807, 2.05) is 5.32 Å². The van der Waals surface area contributed by atoms with E-state index in [9.17, 15) is 19.2 Å². The summed E-state index contributed by atoms with van der Waals surface area (Å²) in [5.74, 6) is -3.04. The molecular weight excluding hydrogens is 745 g/mol. The number of carbonyl (C=O) groups excluding carboxylic acids is 4. The Balaban J connectivity index is 0.000000252.